The summed E-state index contributed by atoms with van der Waals surface area (Å²) in [5.41, 5.74) is 2.25. The second-order valence-corrected chi connectivity index (χ2v) is 19.3. The molecule has 16 nitrogen and oxygen atoms in total. The Kier molecular flexibility index (Phi) is 14.8. The second-order valence-electron chi connectivity index (χ2n) is 18.3. The van der Waals surface area contributed by atoms with Crippen LogP contribution in [0.15, 0.2) is 91.0 Å². The molecular weight excluding hydrogens is 964 g/mol. The predicted molar refractivity (Wildman–Crippen MR) is 272 cm³/mol. The van der Waals surface area contributed by atoms with Gasteiger partial charge in [-0.25, -0.2) is 14.8 Å². The van der Waals surface area contributed by atoms with E-state index in [0.717, 1.165) is 34.2 Å². The van der Waals surface area contributed by atoms with Crippen LogP contribution in [0, 0.1) is 17.2 Å². The first-order valence-corrected chi connectivity index (χ1v) is 24.8. The van der Waals surface area contributed by atoms with E-state index in [1.54, 1.807) is 37.4 Å². The van der Waals surface area contributed by atoms with Crippen LogP contribution < -0.4 is 30.9 Å². The molecule has 0 spiro atoms. The topological polar surface area (TPSA) is 219 Å². The number of hydrogen-bond donors (Lipinski definition) is 6. The van der Waals surface area contributed by atoms with Crippen molar-refractivity contribution in [2.75, 3.05) is 60.7 Å². The number of fused-ring (bicyclic) bond motifs is 2. The number of rotatable bonds is 16. The van der Waals surface area contributed by atoms with E-state index in [1.165, 1.54) is 41.7 Å². The third-order valence-corrected chi connectivity index (χ3v) is 14.5. The fraction of sp³-hybridized carbons (Fsp3) is 0.321. The zero-order chi connectivity index (χ0) is 51.4. The molecular formula is C53H52F3N9O7S. The van der Waals surface area contributed by atoms with Crippen LogP contribution in [0.25, 0.3) is 21.3 Å². The molecule has 1 atom stereocenters. The van der Waals surface area contributed by atoms with Crippen LogP contribution in [0.5, 0.6) is 5.75 Å². The van der Waals surface area contributed by atoms with E-state index in [-0.39, 0.29) is 78.8 Å². The molecule has 4 amide bonds. The smallest absolute Gasteiger partial charge is 0.420 e. The summed E-state index contributed by atoms with van der Waals surface area (Å²) >= 11 is 1.35. The molecule has 9 rings (SSSR count). The van der Waals surface area contributed by atoms with Gasteiger partial charge < -0.3 is 30.8 Å². The summed E-state index contributed by atoms with van der Waals surface area (Å²) < 4.78 is 51.7. The fourth-order valence-electron chi connectivity index (χ4n) is 9.86. The third-order valence-electron chi connectivity index (χ3n) is 13.6. The van der Waals surface area contributed by atoms with Crippen molar-refractivity contribution < 1.29 is 47.0 Å². The molecule has 20 heteroatoms. The average molecular weight is 1020 g/mol. The van der Waals surface area contributed by atoms with Crippen molar-refractivity contribution in [3.05, 3.63) is 125 Å². The number of hydrogen-bond acceptors (Lipinski definition) is 13. The number of piperidine rings is 2. The highest BCUT2D eigenvalue weighted by Crippen LogP contribution is 2.44. The Morgan fingerprint density at radius 2 is 1.68 bits per heavy atom. The lowest BCUT2D eigenvalue weighted by atomic mass is 9.88. The lowest BCUT2D eigenvalue weighted by molar-refractivity contribution is -0.138. The van der Waals surface area contributed by atoms with Crippen LogP contribution in [0.4, 0.5) is 35.5 Å². The number of halogens is 3. The molecule has 3 aliphatic heterocycles. The SMILES string of the molecule is CNc1cc(NC(=O)CN2CCC(CCCOc3cccc(-c4ccc(N5CCc6cccc(C(=O)Nc7nc8ccccc8s7)c6C5)nc4C(=O)O)c3C(F)(F)F)CC2)ccc1C(=N)C1CCC(=O)NC1=O. The first kappa shape index (κ1) is 50.2. The van der Waals surface area contributed by atoms with Crippen molar-refractivity contribution in [1.29, 1.82) is 5.41 Å². The molecule has 0 radical (unpaired) electrons. The number of aromatic nitrogens is 2. The summed E-state index contributed by atoms with van der Waals surface area (Å²) in [6.07, 6.45) is -1.25. The van der Waals surface area contributed by atoms with Crippen molar-refractivity contribution >= 4 is 79.2 Å². The van der Waals surface area contributed by atoms with E-state index in [1.807, 2.05) is 40.1 Å². The summed E-state index contributed by atoms with van der Waals surface area (Å²) in [4.78, 5) is 76.2. The molecule has 6 N–H and O–H groups in total. The minimum Gasteiger partial charge on any atom is -0.493 e. The first-order chi connectivity index (χ1) is 35.1. The molecule has 2 fully saturated rings. The number of nitrogens with one attached hydrogen (secondary N) is 5. The highest BCUT2D eigenvalue weighted by Gasteiger charge is 2.39. The number of likely N-dealkylation sites (tertiary alicyclic amines) is 1. The lowest BCUT2D eigenvalue weighted by Crippen LogP contribution is -2.44. The Hall–Kier alpha value is -7.71. The van der Waals surface area contributed by atoms with Gasteiger partial charge in [-0.15, -0.1) is 0 Å². The molecule has 4 aromatic carbocycles. The molecule has 378 valence electrons. The number of carboxylic acids is 1. The molecule has 2 aromatic heterocycles. The van der Waals surface area contributed by atoms with Crippen molar-refractivity contribution in [3.8, 4) is 16.9 Å². The number of alkyl halides is 3. The Labute approximate surface area is 421 Å². The van der Waals surface area contributed by atoms with E-state index in [4.69, 9.17) is 10.1 Å². The largest absolute Gasteiger partial charge is 0.493 e. The summed E-state index contributed by atoms with van der Waals surface area (Å²) in [6, 6.07) is 24.7. The van der Waals surface area contributed by atoms with Gasteiger partial charge in [0.15, 0.2) is 10.8 Å². The van der Waals surface area contributed by atoms with Crippen molar-refractivity contribution in [1.82, 2.24) is 20.2 Å². The molecule has 6 aromatic rings. The number of carbonyl (C=O) groups is 5. The number of amides is 4. The number of anilines is 4. The van der Waals surface area contributed by atoms with Gasteiger partial charge in [0.2, 0.25) is 17.7 Å². The van der Waals surface area contributed by atoms with E-state index in [9.17, 15) is 42.3 Å². The van der Waals surface area contributed by atoms with Gasteiger partial charge in [0, 0.05) is 60.2 Å². The molecule has 2 saturated heterocycles. The van der Waals surface area contributed by atoms with Gasteiger partial charge in [0.1, 0.15) is 17.1 Å². The van der Waals surface area contributed by atoms with Crippen molar-refractivity contribution in [2.45, 2.75) is 57.7 Å². The first-order valence-electron chi connectivity index (χ1n) is 24.0. The number of carboxylic acid groups (broad SMARTS) is 1. The minimum absolute atomic E-state index is 0.00440. The van der Waals surface area contributed by atoms with Crippen LogP contribution >= 0.6 is 11.3 Å². The summed E-state index contributed by atoms with van der Waals surface area (Å²) in [5.74, 6) is -3.60. The molecule has 0 saturated carbocycles. The zero-order valence-corrected chi connectivity index (χ0v) is 40.6. The van der Waals surface area contributed by atoms with Gasteiger partial charge in [-0.2, -0.15) is 13.2 Å². The molecule has 3 aliphatic rings. The van der Waals surface area contributed by atoms with E-state index >= 15 is 0 Å². The molecule has 1 unspecified atom stereocenters. The Morgan fingerprint density at radius 1 is 0.890 bits per heavy atom. The van der Waals surface area contributed by atoms with E-state index in [0.29, 0.717) is 66.5 Å². The Morgan fingerprint density at radius 3 is 2.44 bits per heavy atom. The number of thiazole rings is 1. The van der Waals surface area contributed by atoms with Crippen molar-refractivity contribution in [2.24, 2.45) is 11.8 Å². The van der Waals surface area contributed by atoms with Gasteiger partial charge in [-0.3, -0.25) is 34.7 Å². The molecule has 5 heterocycles. The van der Waals surface area contributed by atoms with E-state index in [2.05, 4.69) is 31.2 Å². The number of carbonyl (C=O) groups excluding carboxylic acids is 4. The lowest BCUT2D eigenvalue weighted by Gasteiger charge is -2.31. The zero-order valence-electron chi connectivity index (χ0n) is 39.7. The highest BCUT2D eigenvalue weighted by molar-refractivity contribution is 7.22. The highest BCUT2D eigenvalue weighted by atomic mass is 32.1. The number of imide groups is 1. The number of nitrogens with zero attached hydrogens (tertiary/aromatic N) is 4. The maximum absolute atomic E-state index is 15.0. The molecule has 0 bridgehead atoms. The maximum Gasteiger partial charge on any atom is 0.420 e. The predicted octanol–water partition coefficient (Wildman–Crippen LogP) is 8.86. The monoisotopic (exact) mass is 1020 g/mol. The average Bonchev–Trinajstić information content (AvgIpc) is 3.79. The summed E-state index contributed by atoms with van der Waals surface area (Å²) in [6.45, 7) is 2.08. The van der Waals surface area contributed by atoms with E-state index < -0.39 is 41.0 Å². The third kappa shape index (κ3) is 11.3. The number of aromatic carboxylic acids is 1. The van der Waals surface area contributed by atoms with Gasteiger partial charge in [-0.05, 0) is 123 Å². The fourth-order valence-corrected chi connectivity index (χ4v) is 10.7. The van der Waals surface area contributed by atoms with Crippen LogP contribution in [-0.4, -0.2) is 95.1 Å². The van der Waals surface area contributed by atoms with Gasteiger partial charge >= 0.3 is 12.1 Å². The molecule has 73 heavy (non-hydrogen) atoms. The number of para-hydroxylation sites is 1. The summed E-state index contributed by atoms with van der Waals surface area (Å²) in [5, 5.41) is 30.6. The van der Waals surface area contributed by atoms with Crippen LogP contribution in [0.3, 0.4) is 0 Å². The summed E-state index contributed by atoms with van der Waals surface area (Å²) in [7, 11) is 1.68. The molecule has 0 aliphatic carbocycles. The van der Waals surface area contributed by atoms with Gasteiger partial charge in [-0.1, -0.05) is 47.7 Å². The second kappa shape index (κ2) is 21.6. The maximum atomic E-state index is 15.0. The van der Waals surface area contributed by atoms with Crippen molar-refractivity contribution in [3.63, 3.8) is 0 Å². The van der Waals surface area contributed by atoms with Gasteiger partial charge in [0.05, 0.1) is 35.0 Å². The number of benzene rings is 4. The van der Waals surface area contributed by atoms with Gasteiger partial charge in [0.25, 0.3) is 5.91 Å². The number of ether oxygens (including phenoxy) is 1. The number of pyridine rings is 1. The van der Waals surface area contributed by atoms with Crippen LogP contribution in [0.1, 0.15) is 81.6 Å². The van der Waals surface area contributed by atoms with Crippen LogP contribution in [-0.2, 0) is 33.5 Å². The normalized spacial score (nSPS) is 16.4. The standard InChI is InChI=1S/C53H52F3N9O7S/c1-58-40-27-32(14-15-36(40)47(57)37-17-19-44(66)62-50(37)69)59-45(67)29-64-23-20-30(21-24-64)7-6-26-72-41-12-5-9-33(46(41)53(54,55)56)34-16-18-43(61-48(34)51(70)71)65-25-22-31-8-4-10-35(38(31)28-65)49(68)63-52-60-39-11-2-3-13-42(39)73-52/h2-5,8-16,18,27,30,37,57-58H,6-7,17,19-26,28-29H2,1H3,(H,59,67)(H,70,71)(H,60,63,68)(H,62,66,69). The Balaban J connectivity index is 0.792. The quantitative estimate of drug-likeness (QED) is 0.0304. The Bertz CT molecular complexity index is 3100. The van der Waals surface area contributed by atoms with Crippen LogP contribution in [0.2, 0.25) is 0 Å². The minimum atomic E-state index is -4.90.